The first kappa shape index (κ1) is 14.9. The number of aliphatic hydroxyl groups excluding tert-OH is 1. The average Bonchev–Trinajstić information content (AvgIpc) is 2.33. The lowest BCUT2D eigenvalue weighted by Crippen LogP contribution is -2.22. The molecule has 1 aromatic carbocycles. The van der Waals surface area contributed by atoms with Gasteiger partial charge in [0.05, 0.1) is 0 Å². The SMILES string of the molecule is C#CC(Sc1ccccc1)C(O)C#C[Si](C)(C)C. The number of thioether (sulfide) groups is 1. The molecule has 0 bridgehead atoms. The molecule has 0 heterocycles. The Morgan fingerprint density at radius 3 is 2.33 bits per heavy atom. The van der Waals surface area contributed by atoms with Crippen LogP contribution >= 0.6 is 11.8 Å². The summed E-state index contributed by atoms with van der Waals surface area (Å²) in [6, 6.07) is 9.82. The standard InChI is InChI=1S/C15H18OSSi/c1-5-15(14(16)11-12-18(2,3)4)17-13-9-7-6-8-10-13/h1,6-10,14-16H,2-4H3. The minimum Gasteiger partial charge on any atom is -0.378 e. The molecule has 0 aliphatic heterocycles. The molecule has 0 radical (unpaired) electrons. The minimum atomic E-state index is -1.47. The summed E-state index contributed by atoms with van der Waals surface area (Å²) in [5.74, 6) is 5.51. The zero-order chi connectivity index (χ0) is 13.6. The van der Waals surface area contributed by atoms with E-state index < -0.39 is 14.2 Å². The molecule has 1 rings (SSSR count). The van der Waals surface area contributed by atoms with Crippen LogP contribution in [0.5, 0.6) is 0 Å². The number of terminal acetylenes is 1. The lowest BCUT2D eigenvalue weighted by atomic mass is 10.3. The summed E-state index contributed by atoms with van der Waals surface area (Å²) in [7, 11) is -1.47. The quantitative estimate of drug-likeness (QED) is 0.519. The van der Waals surface area contributed by atoms with E-state index in [0.29, 0.717) is 0 Å². The van der Waals surface area contributed by atoms with Gasteiger partial charge in [-0.15, -0.1) is 23.7 Å². The van der Waals surface area contributed by atoms with E-state index in [0.717, 1.165) is 4.90 Å². The van der Waals surface area contributed by atoms with E-state index in [2.05, 4.69) is 37.0 Å². The van der Waals surface area contributed by atoms with Crippen molar-refractivity contribution in [2.45, 2.75) is 35.9 Å². The Hall–Kier alpha value is -1.13. The highest BCUT2D eigenvalue weighted by molar-refractivity contribution is 8.00. The number of rotatable bonds is 3. The zero-order valence-corrected chi connectivity index (χ0v) is 12.8. The third-order valence-electron chi connectivity index (χ3n) is 2.05. The second kappa shape index (κ2) is 6.71. The highest BCUT2D eigenvalue weighted by Crippen LogP contribution is 2.24. The molecule has 1 N–H and O–H groups in total. The van der Waals surface area contributed by atoms with Gasteiger partial charge in [-0.3, -0.25) is 0 Å². The Labute approximate surface area is 115 Å². The summed E-state index contributed by atoms with van der Waals surface area (Å²) >= 11 is 1.47. The molecule has 1 aromatic rings. The van der Waals surface area contributed by atoms with Gasteiger partial charge < -0.3 is 5.11 Å². The first-order valence-electron chi connectivity index (χ1n) is 5.81. The van der Waals surface area contributed by atoms with Crippen molar-refractivity contribution in [2.75, 3.05) is 0 Å². The Balaban J connectivity index is 2.73. The van der Waals surface area contributed by atoms with Crippen LogP contribution in [0.4, 0.5) is 0 Å². The van der Waals surface area contributed by atoms with Gasteiger partial charge in [0, 0.05) is 4.90 Å². The fourth-order valence-electron chi connectivity index (χ4n) is 1.20. The summed E-state index contributed by atoms with van der Waals surface area (Å²) in [6.45, 7) is 6.42. The Kier molecular flexibility index (Phi) is 5.56. The largest absolute Gasteiger partial charge is 0.378 e. The highest BCUT2D eigenvalue weighted by atomic mass is 32.2. The smallest absolute Gasteiger partial charge is 0.137 e. The molecule has 18 heavy (non-hydrogen) atoms. The van der Waals surface area contributed by atoms with Crippen LogP contribution in [-0.2, 0) is 0 Å². The molecule has 0 aliphatic carbocycles. The van der Waals surface area contributed by atoms with E-state index in [-0.39, 0.29) is 5.25 Å². The van der Waals surface area contributed by atoms with Gasteiger partial charge in [0.1, 0.15) is 19.4 Å². The molecule has 0 fully saturated rings. The number of benzene rings is 1. The van der Waals surface area contributed by atoms with Gasteiger partial charge in [-0.1, -0.05) is 49.7 Å². The van der Waals surface area contributed by atoms with Crippen molar-refractivity contribution in [1.82, 2.24) is 0 Å². The van der Waals surface area contributed by atoms with Crippen molar-refractivity contribution in [3.8, 4) is 23.8 Å². The van der Waals surface area contributed by atoms with Crippen LogP contribution in [-0.4, -0.2) is 24.5 Å². The monoisotopic (exact) mass is 274 g/mol. The summed E-state index contributed by atoms with van der Waals surface area (Å²) < 4.78 is 0. The molecule has 0 aliphatic rings. The summed E-state index contributed by atoms with van der Waals surface area (Å²) in [5, 5.41) is 9.70. The van der Waals surface area contributed by atoms with Gasteiger partial charge in [-0.25, -0.2) is 0 Å². The Morgan fingerprint density at radius 1 is 1.22 bits per heavy atom. The number of aliphatic hydroxyl groups is 1. The van der Waals surface area contributed by atoms with Crippen LogP contribution in [0.15, 0.2) is 35.2 Å². The molecular formula is C15H18OSSi. The molecule has 0 aromatic heterocycles. The van der Waals surface area contributed by atoms with Crippen molar-refractivity contribution in [3.63, 3.8) is 0 Å². The molecule has 0 amide bonds. The Morgan fingerprint density at radius 2 is 1.83 bits per heavy atom. The molecule has 0 saturated heterocycles. The van der Waals surface area contributed by atoms with Gasteiger partial charge in [-0.05, 0) is 12.1 Å². The maximum atomic E-state index is 10.0. The fraction of sp³-hybridized carbons (Fsp3) is 0.333. The van der Waals surface area contributed by atoms with Gasteiger partial charge in [-0.2, -0.15) is 0 Å². The van der Waals surface area contributed by atoms with E-state index in [1.807, 2.05) is 30.3 Å². The number of hydrogen-bond acceptors (Lipinski definition) is 2. The average molecular weight is 274 g/mol. The molecule has 94 valence electrons. The molecule has 2 unspecified atom stereocenters. The summed E-state index contributed by atoms with van der Waals surface area (Å²) in [4.78, 5) is 1.05. The van der Waals surface area contributed by atoms with Gasteiger partial charge >= 0.3 is 0 Å². The first-order chi connectivity index (χ1) is 8.42. The highest BCUT2D eigenvalue weighted by Gasteiger charge is 2.17. The van der Waals surface area contributed by atoms with E-state index in [1.54, 1.807) is 0 Å². The van der Waals surface area contributed by atoms with Crippen LogP contribution in [0.25, 0.3) is 0 Å². The molecular weight excluding hydrogens is 256 g/mol. The minimum absolute atomic E-state index is 0.323. The van der Waals surface area contributed by atoms with Crippen LogP contribution in [0.1, 0.15) is 0 Å². The van der Waals surface area contributed by atoms with Gasteiger partial charge in [0.15, 0.2) is 0 Å². The third kappa shape index (κ3) is 5.47. The third-order valence-corrected chi connectivity index (χ3v) is 4.14. The fourth-order valence-corrected chi connectivity index (χ4v) is 2.65. The van der Waals surface area contributed by atoms with E-state index in [9.17, 15) is 5.11 Å². The van der Waals surface area contributed by atoms with Gasteiger partial charge in [0.25, 0.3) is 0 Å². The molecule has 0 saturated carbocycles. The van der Waals surface area contributed by atoms with Crippen LogP contribution in [0.2, 0.25) is 19.6 Å². The second-order valence-corrected chi connectivity index (χ2v) is 10.9. The van der Waals surface area contributed by atoms with Crippen molar-refractivity contribution >= 4 is 19.8 Å². The normalized spacial score (nSPS) is 13.9. The van der Waals surface area contributed by atoms with E-state index in [4.69, 9.17) is 6.42 Å². The second-order valence-electron chi connectivity index (χ2n) is 4.98. The van der Waals surface area contributed by atoms with Crippen LogP contribution in [0, 0.1) is 23.8 Å². The topological polar surface area (TPSA) is 20.2 Å². The van der Waals surface area contributed by atoms with Crippen molar-refractivity contribution in [2.24, 2.45) is 0 Å². The predicted octanol–water partition coefficient (Wildman–Crippen LogP) is 3.02. The lowest BCUT2D eigenvalue weighted by Gasteiger charge is -2.13. The zero-order valence-electron chi connectivity index (χ0n) is 11.0. The molecule has 3 heteroatoms. The van der Waals surface area contributed by atoms with E-state index >= 15 is 0 Å². The summed E-state index contributed by atoms with van der Waals surface area (Å²) in [6.07, 6.45) is 4.70. The first-order valence-corrected chi connectivity index (χ1v) is 10.2. The molecule has 2 atom stereocenters. The summed E-state index contributed by atoms with van der Waals surface area (Å²) in [5.41, 5.74) is 3.15. The molecule has 1 nitrogen and oxygen atoms in total. The van der Waals surface area contributed by atoms with Crippen molar-refractivity contribution in [1.29, 1.82) is 0 Å². The maximum Gasteiger partial charge on any atom is 0.137 e. The van der Waals surface area contributed by atoms with Gasteiger partial charge in [0.2, 0.25) is 0 Å². The number of hydrogen-bond donors (Lipinski definition) is 1. The van der Waals surface area contributed by atoms with Crippen LogP contribution < -0.4 is 0 Å². The van der Waals surface area contributed by atoms with Crippen molar-refractivity contribution in [3.05, 3.63) is 30.3 Å². The maximum absolute atomic E-state index is 10.0. The molecule has 0 spiro atoms. The predicted molar refractivity (Wildman–Crippen MR) is 82.0 cm³/mol. The van der Waals surface area contributed by atoms with Crippen molar-refractivity contribution < 1.29 is 5.11 Å². The Bertz CT molecular complexity index is 473. The van der Waals surface area contributed by atoms with Crippen LogP contribution in [0.3, 0.4) is 0 Å². The van der Waals surface area contributed by atoms with E-state index in [1.165, 1.54) is 11.8 Å². The lowest BCUT2D eigenvalue weighted by molar-refractivity contribution is 0.243.